The van der Waals surface area contributed by atoms with Gasteiger partial charge in [0.15, 0.2) is 0 Å². The minimum absolute atomic E-state index is 0.158. The highest BCUT2D eigenvalue weighted by atomic mass is 19.1. The van der Waals surface area contributed by atoms with Crippen LogP contribution in [0.2, 0.25) is 0 Å². The quantitative estimate of drug-likeness (QED) is 0.845. The summed E-state index contributed by atoms with van der Waals surface area (Å²) >= 11 is 0. The third kappa shape index (κ3) is 3.17. The summed E-state index contributed by atoms with van der Waals surface area (Å²) in [7, 11) is 0. The molecule has 2 amide bonds. The zero-order valence-electron chi connectivity index (χ0n) is 10.7. The lowest BCUT2D eigenvalue weighted by Gasteiger charge is -2.20. The lowest BCUT2D eigenvalue weighted by atomic mass is 10.1. The Balaban J connectivity index is 2.23. The van der Waals surface area contributed by atoms with Gasteiger partial charge in [-0.25, -0.2) is 4.39 Å². The summed E-state index contributed by atoms with van der Waals surface area (Å²) in [5.41, 5.74) is 6.93. The van der Waals surface area contributed by atoms with Crippen molar-refractivity contribution in [3.8, 4) is 0 Å². The second-order valence-electron chi connectivity index (χ2n) is 4.70. The van der Waals surface area contributed by atoms with Crippen molar-refractivity contribution in [2.24, 2.45) is 5.73 Å². The van der Waals surface area contributed by atoms with Gasteiger partial charge < -0.3 is 5.73 Å². The van der Waals surface area contributed by atoms with Gasteiger partial charge in [-0.3, -0.25) is 14.5 Å². The first-order valence-corrected chi connectivity index (χ1v) is 6.42. The van der Waals surface area contributed by atoms with Gasteiger partial charge in [0.1, 0.15) is 5.82 Å². The lowest BCUT2D eigenvalue weighted by Crippen LogP contribution is -2.34. The fourth-order valence-electron chi connectivity index (χ4n) is 2.25. The van der Waals surface area contributed by atoms with Crippen LogP contribution in [-0.4, -0.2) is 16.7 Å². The average molecular weight is 264 g/mol. The maximum atomic E-state index is 13.1. The van der Waals surface area contributed by atoms with Crippen molar-refractivity contribution in [3.63, 3.8) is 0 Å². The van der Waals surface area contributed by atoms with Crippen LogP contribution in [0.1, 0.15) is 36.8 Å². The number of hydrogen-bond donors (Lipinski definition) is 1. The molecule has 0 aromatic heterocycles. The molecule has 2 rings (SSSR count). The van der Waals surface area contributed by atoms with Crippen molar-refractivity contribution < 1.29 is 14.0 Å². The van der Waals surface area contributed by atoms with Crippen LogP contribution < -0.4 is 5.73 Å². The van der Waals surface area contributed by atoms with Crippen molar-refractivity contribution in [1.82, 2.24) is 4.90 Å². The molecule has 5 heteroatoms. The van der Waals surface area contributed by atoms with Crippen LogP contribution in [0.15, 0.2) is 18.2 Å². The highest BCUT2D eigenvalue weighted by Gasteiger charge is 2.24. The number of halogens is 1. The van der Waals surface area contributed by atoms with E-state index in [0.717, 1.165) is 18.4 Å². The number of amides is 2. The number of rotatable bonds is 3. The van der Waals surface area contributed by atoms with Gasteiger partial charge in [0, 0.05) is 19.4 Å². The summed E-state index contributed by atoms with van der Waals surface area (Å²) in [6.45, 7) is 0.369. The van der Waals surface area contributed by atoms with Crippen LogP contribution in [-0.2, 0) is 22.7 Å². The van der Waals surface area contributed by atoms with E-state index in [1.165, 1.54) is 17.0 Å². The van der Waals surface area contributed by atoms with Crippen molar-refractivity contribution in [2.45, 2.75) is 38.8 Å². The first-order valence-electron chi connectivity index (χ1n) is 6.42. The molecule has 1 aliphatic heterocycles. The van der Waals surface area contributed by atoms with Crippen LogP contribution in [0.5, 0.6) is 0 Å². The Morgan fingerprint density at radius 2 is 1.74 bits per heavy atom. The Labute approximate surface area is 111 Å². The number of nitrogens with zero attached hydrogens (tertiary/aromatic N) is 1. The SMILES string of the molecule is NCc1cc(F)ccc1CN1C(=O)CCCCC1=O. The van der Waals surface area contributed by atoms with Crippen molar-refractivity contribution in [1.29, 1.82) is 0 Å². The highest BCUT2D eigenvalue weighted by molar-refractivity contribution is 5.95. The van der Waals surface area contributed by atoms with Crippen molar-refractivity contribution in [3.05, 3.63) is 35.1 Å². The maximum Gasteiger partial charge on any atom is 0.229 e. The summed E-state index contributed by atoms with van der Waals surface area (Å²) < 4.78 is 13.1. The van der Waals surface area contributed by atoms with Gasteiger partial charge in [0.2, 0.25) is 11.8 Å². The molecule has 1 saturated heterocycles. The Hall–Kier alpha value is -1.75. The van der Waals surface area contributed by atoms with E-state index in [1.54, 1.807) is 6.07 Å². The predicted molar refractivity (Wildman–Crippen MR) is 68.3 cm³/mol. The molecule has 4 nitrogen and oxygen atoms in total. The molecule has 0 spiro atoms. The van der Waals surface area contributed by atoms with E-state index in [0.29, 0.717) is 18.4 Å². The Morgan fingerprint density at radius 3 is 2.32 bits per heavy atom. The van der Waals surface area contributed by atoms with Crippen LogP contribution in [0.4, 0.5) is 4.39 Å². The second-order valence-corrected chi connectivity index (χ2v) is 4.70. The van der Waals surface area contributed by atoms with Crippen molar-refractivity contribution >= 4 is 11.8 Å². The minimum Gasteiger partial charge on any atom is -0.326 e. The largest absolute Gasteiger partial charge is 0.326 e. The molecule has 2 N–H and O–H groups in total. The van der Waals surface area contributed by atoms with E-state index < -0.39 is 0 Å². The lowest BCUT2D eigenvalue weighted by molar-refractivity contribution is -0.144. The zero-order chi connectivity index (χ0) is 13.8. The Bertz CT molecular complexity index is 484. The first-order chi connectivity index (χ1) is 9.11. The first kappa shape index (κ1) is 13.7. The topological polar surface area (TPSA) is 63.4 Å². The normalized spacial score (nSPS) is 16.6. The van der Waals surface area contributed by atoms with Crippen LogP contribution in [0.3, 0.4) is 0 Å². The van der Waals surface area contributed by atoms with Gasteiger partial charge in [0.25, 0.3) is 0 Å². The number of benzene rings is 1. The van der Waals surface area contributed by atoms with Crippen LogP contribution in [0, 0.1) is 5.82 Å². The monoisotopic (exact) mass is 264 g/mol. The number of likely N-dealkylation sites (tertiary alicyclic amines) is 1. The van der Waals surface area contributed by atoms with Gasteiger partial charge in [-0.1, -0.05) is 6.07 Å². The number of carbonyl (C=O) groups is 2. The summed E-state index contributed by atoms with van der Waals surface area (Å²) in [5, 5.41) is 0. The number of carbonyl (C=O) groups excluding carboxylic acids is 2. The fraction of sp³-hybridized carbons (Fsp3) is 0.429. The van der Waals surface area contributed by atoms with Gasteiger partial charge >= 0.3 is 0 Å². The molecule has 1 heterocycles. The van der Waals surface area contributed by atoms with Crippen LogP contribution >= 0.6 is 0 Å². The van der Waals surface area contributed by atoms with E-state index >= 15 is 0 Å². The van der Waals surface area contributed by atoms with Gasteiger partial charge in [-0.15, -0.1) is 0 Å². The molecule has 1 aliphatic rings. The molecular formula is C14H17FN2O2. The fourth-order valence-corrected chi connectivity index (χ4v) is 2.25. The molecule has 1 fully saturated rings. The van der Waals surface area contributed by atoms with Gasteiger partial charge in [-0.2, -0.15) is 0 Å². The molecule has 0 aliphatic carbocycles. The molecule has 19 heavy (non-hydrogen) atoms. The third-order valence-corrected chi connectivity index (χ3v) is 3.35. The van der Waals surface area contributed by atoms with E-state index in [2.05, 4.69) is 0 Å². The van der Waals surface area contributed by atoms with E-state index in [-0.39, 0.29) is 30.7 Å². The Kier molecular flexibility index (Phi) is 4.27. The summed E-state index contributed by atoms with van der Waals surface area (Å²) in [5.74, 6) is -0.678. The molecular weight excluding hydrogens is 247 g/mol. The molecule has 0 radical (unpaired) electrons. The number of hydrogen-bond acceptors (Lipinski definition) is 3. The van der Waals surface area contributed by atoms with E-state index in [9.17, 15) is 14.0 Å². The number of imide groups is 1. The molecule has 1 aromatic carbocycles. The Morgan fingerprint density at radius 1 is 1.11 bits per heavy atom. The summed E-state index contributed by atoms with van der Waals surface area (Å²) in [6.07, 6.45) is 2.28. The average Bonchev–Trinajstić information content (AvgIpc) is 2.55. The molecule has 1 aromatic rings. The number of nitrogens with two attached hydrogens (primary N) is 1. The zero-order valence-corrected chi connectivity index (χ0v) is 10.7. The van der Waals surface area contributed by atoms with Crippen LogP contribution in [0.25, 0.3) is 0 Å². The van der Waals surface area contributed by atoms with Gasteiger partial charge in [0.05, 0.1) is 6.54 Å². The standard InChI is InChI=1S/C14H17FN2O2/c15-12-6-5-10(11(7-12)8-16)9-17-13(18)3-1-2-4-14(17)19/h5-7H,1-4,8-9,16H2. The highest BCUT2D eigenvalue weighted by Crippen LogP contribution is 2.18. The smallest absolute Gasteiger partial charge is 0.229 e. The summed E-state index contributed by atoms with van der Waals surface area (Å²) in [6, 6.07) is 4.26. The predicted octanol–water partition coefficient (Wildman–Crippen LogP) is 1.71. The molecule has 0 unspecified atom stereocenters. The van der Waals surface area contributed by atoms with Crippen molar-refractivity contribution in [2.75, 3.05) is 0 Å². The maximum absolute atomic E-state index is 13.1. The van der Waals surface area contributed by atoms with Gasteiger partial charge in [-0.05, 0) is 36.1 Å². The second kappa shape index (κ2) is 5.93. The molecule has 0 saturated carbocycles. The minimum atomic E-state index is -0.363. The third-order valence-electron chi connectivity index (χ3n) is 3.35. The molecule has 0 atom stereocenters. The summed E-state index contributed by atoms with van der Waals surface area (Å²) in [4.78, 5) is 25.1. The van der Waals surface area contributed by atoms with E-state index in [1.807, 2.05) is 0 Å². The molecule has 102 valence electrons. The van der Waals surface area contributed by atoms with E-state index in [4.69, 9.17) is 5.73 Å². The molecule has 0 bridgehead atoms.